The Balaban J connectivity index is 1.51. The van der Waals surface area contributed by atoms with Crippen molar-refractivity contribution in [3.8, 4) is 0 Å². The first-order valence-electron chi connectivity index (χ1n) is 12.3. The average molecular weight is 417 g/mol. The molecule has 2 aliphatic carbocycles. The van der Waals surface area contributed by atoms with E-state index in [4.69, 9.17) is 9.84 Å². The van der Waals surface area contributed by atoms with Crippen molar-refractivity contribution >= 4 is 5.91 Å². The number of hydrogen-bond acceptors (Lipinski definition) is 4. The maximum atomic E-state index is 13.3. The van der Waals surface area contributed by atoms with Crippen molar-refractivity contribution in [1.82, 2.24) is 20.0 Å². The molecule has 0 unspecified atom stereocenters. The Morgan fingerprint density at radius 1 is 1.07 bits per heavy atom. The minimum Gasteiger partial charge on any atom is -0.378 e. The zero-order valence-corrected chi connectivity index (χ0v) is 19.0. The molecule has 2 fully saturated rings. The fourth-order valence-corrected chi connectivity index (χ4v) is 5.37. The van der Waals surface area contributed by atoms with Crippen molar-refractivity contribution in [3.05, 3.63) is 17.0 Å². The standard InChI is InChI=1S/C24H40N4O2/c1-18(2)17-28-22-11-10-20(25-19-8-6-4-3-5-7-9-19)16-21(22)23(26-28)24(29)27-12-14-30-15-13-27/h18-20,25H,3-17H2,1-2H3/t20-/m1/s1. The molecule has 6 heteroatoms. The Kier molecular flexibility index (Phi) is 7.47. The summed E-state index contributed by atoms with van der Waals surface area (Å²) in [4.78, 5) is 15.3. The van der Waals surface area contributed by atoms with Gasteiger partial charge in [-0.15, -0.1) is 0 Å². The molecule has 1 aliphatic heterocycles. The highest BCUT2D eigenvalue weighted by atomic mass is 16.5. The predicted molar refractivity (Wildman–Crippen MR) is 119 cm³/mol. The molecule has 1 atom stereocenters. The summed E-state index contributed by atoms with van der Waals surface area (Å²) >= 11 is 0. The van der Waals surface area contributed by atoms with Gasteiger partial charge in [-0.05, 0) is 38.0 Å². The molecule has 3 aliphatic rings. The minimum absolute atomic E-state index is 0.101. The van der Waals surface area contributed by atoms with Crippen molar-refractivity contribution in [2.75, 3.05) is 26.3 Å². The number of carbonyl (C=O) groups is 1. The molecule has 0 radical (unpaired) electrons. The molecule has 0 aromatic carbocycles. The summed E-state index contributed by atoms with van der Waals surface area (Å²) in [5.74, 6) is 0.620. The number of hydrogen-bond donors (Lipinski definition) is 1. The SMILES string of the molecule is CC(C)Cn1nc(C(=O)N2CCOCC2)c2c1CC[C@@H](NC1CCCCCCC1)C2. The summed E-state index contributed by atoms with van der Waals surface area (Å²) in [6, 6.07) is 1.11. The third kappa shape index (κ3) is 5.25. The van der Waals surface area contributed by atoms with Gasteiger partial charge in [0.05, 0.1) is 13.2 Å². The van der Waals surface area contributed by atoms with E-state index < -0.39 is 0 Å². The summed E-state index contributed by atoms with van der Waals surface area (Å²) in [6.45, 7) is 7.94. The number of carbonyl (C=O) groups excluding carboxylic acids is 1. The number of ether oxygens (including phenoxy) is 1. The summed E-state index contributed by atoms with van der Waals surface area (Å²) < 4.78 is 7.59. The van der Waals surface area contributed by atoms with Crippen LogP contribution in [0.25, 0.3) is 0 Å². The topological polar surface area (TPSA) is 59.4 Å². The van der Waals surface area contributed by atoms with Gasteiger partial charge in [0, 0.05) is 43.0 Å². The predicted octanol–water partition coefficient (Wildman–Crippen LogP) is 3.57. The van der Waals surface area contributed by atoms with Crippen LogP contribution in [0.15, 0.2) is 0 Å². The van der Waals surface area contributed by atoms with E-state index in [9.17, 15) is 4.79 Å². The molecule has 1 saturated carbocycles. The molecule has 6 nitrogen and oxygen atoms in total. The molecule has 4 rings (SSSR count). The van der Waals surface area contributed by atoms with E-state index in [2.05, 4.69) is 23.8 Å². The van der Waals surface area contributed by atoms with Gasteiger partial charge in [-0.1, -0.05) is 46.0 Å². The fraction of sp³-hybridized carbons (Fsp3) is 0.833. The maximum absolute atomic E-state index is 13.3. The lowest BCUT2D eigenvalue weighted by molar-refractivity contribution is 0.0297. The Morgan fingerprint density at radius 2 is 1.77 bits per heavy atom. The van der Waals surface area contributed by atoms with Gasteiger partial charge >= 0.3 is 0 Å². The lowest BCUT2D eigenvalue weighted by atomic mass is 9.89. The lowest BCUT2D eigenvalue weighted by Crippen LogP contribution is -2.43. The van der Waals surface area contributed by atoms with Crippen molar-refractivity contribution in [1.29, 1.82) is 0 Å². The molecule has 30 heavy (non-hydrogen) atoms. The summed E-state index contributed by atoms with van der Waals surface area (Å²) in [6.07, 6.45) is 12.6. The number of nitrogens with zero attached hydrogens (tertiary/aromatic N) is 3. The lowest BCUT2D eigenvalue weighted by Gasteiger charge is -2.31. The van der Waals surface area contributed by atoms with E-state index in [0.29, 0.717) is 50.0 Å². The summed E-state index contributed by atoms with van der Waals surface area (Å²) in [5.41, 5.74) is 3.22. The summed E-state index contributed by atoms with van der Waals surface area (Å²) in [5, 5.41) is 8.85. The maximum Gasteiger partial charge on any atom is 0.274 e. The molecule has 1 saturated heterocycles. The molecule has 0 bridgehead atoms. The monoisotopic (exact) mass is 416 g/mol. The van der Waals surface area contributed by atoms with Gasteiger partial charge < -0.3 is 15.0 Å². The number of amides is 1. The number of aromatic nitrogens is 2. The zero-order valence-electron chi connectivity index (χ0n) is 19.0. The van der Waals surface area contributed by atoms with Crippen LogP contribution in [0.2, 0.25) is 0 Å². The second-order valence-electron chi connectivity index (χ2n) is 9.90. The van der Waals surface area contributed by atoms with E-state index >= 15 is 0 Å². The Bertz CT molecular complexity index is 700. The molecule has 2 heterocycles. The smallest absolute Gasteiger partial charge is 0.274 e. The largest absolute Gasteiger partial charge is 0.378 e. The van der Waals surface area contributed by atoms with Crippen LogP contribution >= 0.6 is 0 Å². The molecule has 1 amide bonds. The van der Waals surface area contributed by atoms with Gasteiger partial charge in [-0.2, -0.15) is 5.10 Å². The number of fused-ring (bicyclic) bond motifs is 1. The fourth-order valence-electron chi connectivity index (χ4n) is 5.37. The first kappa shape index (κ1) is 21.8. The second kappa shape index (κ2) is 10.3. The molecular weight excluding hydrogens is 376 g/mol. The number of nitrogens with one attached hydrogen (secondary N) is 1. The first-order chi connectivity index (χ1) is 14.6. The van der Waals surface area contributed by atoms with E-state index in [1.807, 2.05) is 4.90 Å². The van der Waals surface area contributed by atoms with Crippen molar-refractivity contribution in [2.45, 2.75) is 96.7 Å². The molecule has 1 N–H and O–H groups in total. The van der Waals surface area contributed by atoms with Gasteiger partial charge in [-0.25, -0.2) is 0 Å². The highest BCUT2D eigenvalue weighted by Gasteiger charge is 2.32. The molecule has 0 spiro atoms. The van der Waals surface area contributed by atoms with E-state index in [-0.39, 0.29) is 5.91 Å². The van der Waals surface area contributed by atoms with Crippen LogP contribution < -0.4 is 5.32 Å². The molecule has 1 aromatic rings. The van der Waals surface area contributed by atoms with Crippen LogP contribution in [0.4, 0.5) is 0 Å². The minimum atomic E-state index is 0.101. The quantitative estimate of drug-likeness (QED) is 0.797. The third-order valence-corrected chi connectivity index (χ3v) is 6.96. The third-order valence-electron chi connectivity index (χ3n) is 6.96. The zero-order chi connectivity index (χ0) is 20.9. The normalized spacial score (nSPS) is 23.8. The Morgan fingerprint density at radius 3 is 2.47 bits per heavy atom. The van der Waals surface area contributed by atoms with Crippen molar-refractivity contribution < 1.29 is 9.53 Å². The van der Waals surface area contributed by atoms with E-state index in [1.54, 1.807) is 0 Å². The van der Waals surface area contributed by atoms with Gasteiger partial charge in [0.2, 0.25) is 0 Å². The van der Waals surface area contributed by atoms with Crippen LogP contribution in [0, 0.1) is 5.92 Å². The van der Waals surface area contributed by atoms with Crippen molar-refractivity contribution in [3.63, 3.8) is 0 Å². The van der Waals surface area contributed by atoms with Crippen LogP contribution in [0.3, 0.4) is 0 Å². The number of morpholine rings is 1. The second-order valence-corrected chi connectivity index (χ2v) is 9.90. The Hall–Kier alpha value is -1.40. The van der Waals surface area contributed by atoms with Crippen LogP contribution in [-0.2, 0) is 24.1 Å². The molecule has 168 valence electrons. The van der Waals surface area contributed by atoms with E-state index in [0.717, 1.165) is 25.8 Å². The van der Waals surface area contributed by atoms with E-state index in [1.165, 1.54) is 56.2 Å². The first-order valence-corrected chi connectivity index (χ1v) is 12.3. The number of rotatable bonds is 5. The van der Waals surface area contributed by atoms with Crippen molar-refractivity contribution in [2.24, 2.45) is 5.92 Å². The average Bonchev–Trinajstić information content (AvgIpc) is 3.07. The van der Waals surface area contributed by atoms with Gasteiger partial charge in [0.25, 0.3) is 5.91 Å². The highest BCUT2D eigenvalue weighted by Crippen LogP contribution is 2.28. The van der Waals surface area contributed by atoms with Crippen LogP contribution in [-0.4, -0.2) is 59.0 Å². The highest BCUT2D eigenvalue weighted by molar-refractivity contribution is 5.94. The van der Waals surface area contributed by atoms with Crippen LogP contribution in [0.1, 0.15) is 87.0 Å². The van der Waals surface area contributed by atoms with Gasteiger partial charge in [0.1, 0.15) is 0 Å². The van der Waals surface area contributed by atoms with Gasteiger partial charge in [0.15, 0.2) is 5.69 Å². The molecule has 1 aromatic heterocycles. The van der Waals surface area contributed by atoms with Crippen LogP contribution in [0.5, 0.6) is 0 Å². The molecular formula is C24H40N4O2. The summed E-state index contributed by atoms with van der Waals surface area (Å²) in [7, 11) is 0. The van der Waals surface area contributed by atoms with Gasteiger partial charge in [-0.3, -0.25) is 9.48 Å². The Labute approximate surface area is 181 Å².